The molecule has 5 heterocycles. The molecule has 5 aliphatic heterocycles. The van der Waals surface area contributed by atoms with E-state index in [2.05, 4.69) is 58.7 Å². The summed E-state index contributed by atoms with van der Waals surface area (Å²) in [6, 6.07) is 0. The minimum absolute atomic E-state index is 0. The largest absolute Gasteiger partial charge is 1.00 e. The number of ether oxygens (including phenoxy) is 10. The fourth-order valence-corrected chi connectivity index (χ4v) is 16.9. The van der Waals surface area contributed by atoms with Crippen LogP contribution in [0, 0.1) is 45.3 Å². The number of esters is 1. The molecule has 10 N–H and O–H groups in total. The monoisotopic (exact) mass is 1190 g/mol. The SMILES string of the molecule is COC1C(O)C(CO)OC(OC2C(O)C(CO)OC(OC3C(C)OC(OC4C(OC5CCC6(C)C7CC(O)C89C(=O)OC(C)(CCCC(C)C)C8CCC9(C)C7=CCC6C5(C)C)OCC(OS(=O)(=O)[O-])C4O)C(O)C3O)C2O)C1O.[Na+]. The summed E-state index contributed by atoms with van der Waals surface area (Å²) in [5.41, 5.74) is -2.21. The van der Waals surface area contributed by atoms with Crippen molar-refractivity contribution >= 4 is 16.4 Å². The maximum absolute atomic E-state index is 14.4. The fraction of sp³-hybridized carbons (Fsp3) is 0.944. The molecule has 9 aliphatic rings. The Morgan fingerprint density at radius 2 is 1.32 bits per heavy atom. The molecule has 9 rings (SSSR count). The smallest absolute Gasteiger partial charge is 0.726 e. The molecule has 3 saturated carbocycles. The predicted molar refractivity (Wildman–Crippen MR) is 270 cm³/mol. The summed E-state index contributed by atoms with van der Waals surface area (Å²) in [6.07, 6.45) is -25.2. The van der Waals surface area contributed by atoms with Crippen molar-refractivity contribution in [2.45, 2.75) is 248 Å². The third-order valence-electron chi connectivity index (χ3n) is 20.6. The Labute approximate surface area is 495 Å². The maximum Gasteiger partial charge on any atom is 1.00 e. The number of hydrogen-bond donors (Lipinski definition) is 10. The molecule has 27 heteroatoms. The Balaban J connectivity index is 0.00000860. The number of aliphatic hydroxyl groups excluding tert-OH is 10. The summed E-state index contributed by atoms with van der Waals surface area (Å²) in [6.45, 7) is 14.1. The van der Waals surface area contributed by atoms with E-state index in [4.69, 9.17) is 47.4 Å². The van der Waals surface area contributed by atoms with E-state index in [1.165, 1.54) is 19.6 Å². The molecule has 0 amide bonds. The molecule has 25 nitrogen and oxygen atoms in total. The first kappa shape index (κ1) is 66.3. The Bertz CT molecular complexity index is 2340. The quantitative estimate of drug-likeness (QED) is 0.0219. The van der Waals surface area contributed by atoms with Gasteiger partial charge in [0, 0.05) is 18.4 Å². The van der Waals surface area contributed by atoms with Crippen molar-refractivity contribution in [1.29, 1.82) is 0 Å². The molecule has 1 spiro atoms. The van der Waals surface area contributed by atoms with Crippen molar-refractivity contribution in [1.82, 2.24) is 0 Å². The molecule has 4 aliphatic carbocycles. The van der Waals surface area contributed by atoms with Crippen LogP contribution in [0.5, 0.6) is 0 Å². The summed E-state index contributed by atoms with van der Waals surface area (Å²) in [5, 5.41) is 112. The van der Waals surface area contributed by atoms with E-state index in [0.717, 1.165) is 32.1 Å². The summed E-state index contributed by atoms with van der Waals surface area (Å²) >= 11 is 0. The molecule has 81 heavy (non-hydrogen) atoms. The number of aliphatic hydroxyl groups is 10. The first-order valence-corrected chi connectivity index (χ1v) is 29.7. The molecule has 0 bridgehead atoms. The van der Waals surface area contributed by atoms with Gasteiger partial charge in [0.1, 0.15) is 96.5 Å². The number of cyclic esters (lactones) is 1. The van der Waals surface area contributed by atoms with Crippen molar-refractivity contribution in [3.8, 4) is 0 Å². The van der Waals surface area contributed by atoms with E-state index in [1.54, 1.807) is 0 Å². The number of carbonyl (C=O) groups is 1. The summed E-state index contributed by atoms with van der Waals surface area (Å²) < 4.78 is 99.9. The third kappa shape index (κ3) is 11.5. The zero-order chi connectivity index (χ0) is 58.6. The molecule has 0 radical (unpaired) electrons. The maximum atomic E-state index is 14.4. The molecular weight excluding hydrogens is 1100 g/mol. The van der Waals surface area contributed by atoms with E-state index in [0.29, 0.717) is 31.6 Å². The van der Waals surface area contributed by atoms with E-state index < -0.39 is 181 Å². The Kier molecular flexibility index (Phi) is 20.2. The number of rotatable bonds is 17. The van der Waals surface area contributed by atoms with Gasteiger partial charge in [-0.2, -0.15) is 0 Å². The van der Waals surface area contributed by atoms with Crippen LogP contribution in [0.1, 0.15) is 113 Å². The molecule has 0 aromatic rings. The average Bonchev–Trinajstić information content (AvgIpc) is 3.94. The van der Waals surface area contributed by atoms with Gasteiger partial charge in [0.05, 0.1) is 38.1 Å². The van der Waals surface area contributed by atoms with E-state index in [-0.39, 0.29) is 58.7 Å². The van der Waals surface area contributed by atoms with Gasteiger partial charge >= 0.3 is 35.5 Å². The summed E-state index contributed by atoms with van der Waals surface area (Å²) in [5.74, 6) is -0.0593. The number of hydrogen-bond acceptors (Lipinski definition) is 25. The minimum Gasteiger partial charge on any atom is -0.726 e. The van der Waals surface area contributed by atoms with E-state index >= 15 is 0 Å². The summed E-state index contributed by atoms with van der Waals surface area (Å²) in [7, 11) is -4.24. The van der Waals surface area contributed by atoms with Gasteiger partial charge in [0.2, 0.25) is 10.4 Å². The Morgan fingerprint density at radius 1 is 0.728 bits per heavy atom. The standard InChI is InChI=1S/C54H88O25S.Na/c1-23(2)11-10-16-53(8)31-14-18-52(7)25-12-13-30-50(4,5)33(15-17-51(30,6)26(25)19-32(57)54(31,52)49(65)78-53)74-48-44(36(60)29(22-70-48)79-80(66,67)68)77-45-38(62)37(61)41(24(3)71-45)75-47-40(64)43(35(59)28(21-56)73-47)76-46-39(63)42(69-9)34(58)27(20-55)72-46;/h12,23-24,26-48,55-64H,10-11,13-22H2,1-9H3,(H,66,67,68);/q;+1/p-1. The van der Waals surface area contributed by atoms with Crippen molar-refractivity contribution in [3.05, 3.63) is 11.6 Å². The van der Waals surface area contributed by atoms with Crippen LogP contribution in [0.15, 0.2) is 11.6 Å². The van der Waals surface area contributed by atoms with Crippen LogP contribution in [0.2, 0.25) is 0 Å². The molecule has 460 valence electrons. The second-order valence-corrected chi connectivity index (χ2v) is 26.9. The average molecular weight is 1190 g/mol. The van der Waals surface area contributed by atoms with Crippen LogP contribution >= 0.6 is 0 Å². The van der Waals surface area contributed by atoms with Gasteiger partial charge < -0.3 is 103 Å². The molecule has 0 aromatic heterocycles. The van der Waals surface area contributed by atoms with Crippen molar-refractivity contribution in [3.63, 3.8) is 0 Å². The zero-order valence-corrected chi connectivity index (χ0v) is 50.8. The van der Waals surface area contributed by atoms with Gasteiger partial charge in [0.25, 0.3) is 0 Å². The number of methoxy groups -OCH3 is 1. The number of fused-ring (bicyclic) bond motifs is 4. The van der Waals surface area contributed by atoms with Crippen LogP contribution in [0.25, 0.3) is 0 Å². The topological polar surface area (TPSA) is 378 Å². The molecule has 28 unspecified atom stereocenters. The van der Waals surface area contributed by atoms with Crippen molar-refractivity contribution in [2.75, 3.05) is 26.9 Å². The number of allylic oxidation sites excluding steroid dienone is 2. The Hall–Kier alpha value is -0.680. The Morgan fingerprint density at radius 3 is 1.93 bits per heavy atom. The molecular formula is C54H87NaO25S. The first-order chi connectivity index (χ1) is 37.4. The van der Waals surface area contributed by atoms with Gasteiger partial charge in [0.15, 0.2) is 25.2 Å². The van der Waals surface area contributed by atoms with Crippen LogP contribution in [-0.4, -0.2) is 231 Å². The number of carbonyl (C=O) groups excluding carboxylic acids is 1. The summed E-state index contributed by atoms with van der Waals surface area (Å²) in [4.78, 5) is 14.4. The van der Waals surface area contributed by atoms with Crippen LogP contribution in [-0.2, 0) is 66.7 Å². The van der Waals surface area contributed by atoms with Gasteiger partial charge in [-0.15, -0.1) is 0 Å². The second kappa shape index (κ2) is 24.7. The zero-order valence-electron chi connectivity index (χ0n) is 48.0. The van der Waals surface area contributed by atoms with Crippen LogP contribution in [0.3, 0.4) is 0 Å². The predicted octanol–water partition coefficient (Wildman–Crippen LogP) is -3.85. The molecule has 28 atom stereocenters. The molecule has 0 aromatic carbocycles. The van der Waals surface area contributed by atoms with Crippen LogP contribution in [0.4, 0.5) is 0 Å². The fourth-order valence-electron chi connectivity index (χ4n) is 16.4. The van der Waals surface area contributed by atoms with Crippen molar-refractivity contribution < 1.29 is 150 Å². The van der Waals surface area contributed by atoms with Crippen LogP contribution < -0.4 is 29.6 Å². The van der Waals surface area contributed by atoms with E-state index in [9.17, 15) is 68.8 Å². The van der Waals surface area contributed by atoms with Gasteiger partial charge in [-0.1, -0.05) is 59.6 Å². The van der Waals surface area contributed by atoms with Crippen molar-refractivity contribution in [2.24, 2.45) is 45.3 Å². The van der Waals surface area contributed by atoms with Gasteiger partial charge in [-0.25, -0.2) is 8.42 Å². The normalized spacial score (nSPS) is 50.6. The molecule has 8 fully saturated rings. The molecule has 5 saturated heterocycles. The van der Waals surface area contributed by atoms with Gasteiger partial charge in [-0.05, 0) is 93.8 Å². The third-order valence-corrected chi connectivity index (χ3v) is 21.1. The van der Waals surface area contributed by atoms with Gasteiger partial charge in [-0.3, -0.25) is 8.98 Å². The van der Waals surface area contributed by atoms with E-state index in [1.807, 2.05) is 0 Å². The second-order valence-electron chi connectivity index (χ2n) is 25.9. The first-order valence-electron chi connectivity index (χ1n) is 28.4. The minimum atomic E-state index is -5.42.